The summed E-state index contributed by atoms with van der Waals surface area (Å²) in [5.41, 5.74) is -0.980. The van der Waals surface area contributed by atoms with Crippen LogP contribution in [-0.2, 0) is 4.79 Å². The third-order valence-corrected chi connectivity index (χ3v) is 2.22. The molecule has 0 bridgehead atoms. The van der Waals surface area contributed by atoms with E-state index in [0.29, 0.717) is 6.42 Å². The maximum Gasteiger partial charge on any atom is 0.324 e. The van der Waals surface area contributed by atoms with Gasteiger partial charge < -0.3 is 10.4 Å². The van der Waals surface area contributed by atoms with E-state index in [0.717, 1.165) is 11.3 Å². The van der Waals surface area contributed by atoms with Crippen molar-refractivity contribution in [2.45, 2.75) is 32.3 Å². The SMILES string of the molecule is CCCC(C)(O)CN1C(=O)CNC1=O. The van der Waals surface area contributed by atoms with Gasteiger partial charge in [0, 0.05) is 0 Å². The van der Waals surface area contributed by atoms with E-state index < -0.39 is 11.6 Å². The molecule has 3 amide bonds. The number of nitrogens with one attached hydrogen (secondary N) is 1. The van der Waals surface area contributed by atoms with Crippen LogP contribution in [0.25, 0.3) is 0 Å². The second-order valence-corrected chi connectivity index (χ2v) is 3.89. The molecule has 1 heterocycles. The fourth-order valence-corrected chi connectivity index (χ4v) is 1.57. The van der Waals surface area contributed by atoms with Gasteiger partial charge in [-0.05, 0) is 13.3 Å². The van der Waals surface area contributed by atoms with E-state index in [1.807, 2.05) is 6.92 Å². The van der Waals surface area contributed by atoms with Crippen LogP contribution in [0.4, 0.5) is 4.79 Å². The Kier molecular flexibility index (Phi) is 3.10. The number of carbonyl (C=O) groups excluding carboxylic acids is 2. The average Bonchev–Trinajstić information content (AvgIpc) is 2.35. The van der Waals surface area contributed by atoms with Crippen molar-refractivity contribution in [3.8, 4) is 0 Å². The Bertz CT molecular complexity index is 234. The number of imide groups is 1. The van der Waals surface area contributed by atoms with Gasteiger partial charge in [-0.15, -0.1) is 0 Å². The van der Waals surface area contributed by atoms with Gasteiger partial charge in [0.15, 0.2) is 0 Å². The Hall–Kier alpha value is -1.10. The molecule has 0 saturated carbocycles. The van der Waals surface area contributed by atoms with Crippen LogP contribution in [0, 0.1) is 0 Å². The van der Waals surface area contributed by atoms with Crippen molar-refractivity contribution in [3.05, 3.63) is 0 Å². The highest BCUT2D eigenvalue weighted by molar-refractivity contribution is 6.01. The van der Waals surface area contributed by atoms with Crippen molar-refractivity contribution in [2.24, 2.45) is 0 Å². The number of β-amino-alcohol motifs (C(OH)–C–C–N with tert-alkyl or cyclic N) is 1. The molecule has 0 spiro atoms. The zero-order valence-electron chi connectivity index (χ0n) is 8.54. The van der Waals surface area contributed by atoms with E-state index in [1.54, 1.807) is 6.92 Å². The van der Waals surface area contributed by atoms with Crippen LogP contribution in [0.5, 0.6) is 0 Å². The molecular weight excluding hydrogens is 184 g/mol. The number of carbonyl (C=O) groups is 2. The molecule has 1 atom stereocenters. The summed E-state index contributed by atoms with van der Waals surface area (Å²) in [5, 5.41) is 12.2. The number of hydrogen-bond donors (Lipinski definition) is 2. The first-order valence-electron chi connectivity index (χ1n) is 4.77. The second kappa shape index (κ2) is 3.96. The zero-order valence-corrected chi connectivity index (χ0v) is 8.54. The molecule has 0 aromatic rings. The van der Waals surface area contributed by atoms with Crippen LogP contribution in [0.1, 0.15) is 26.7 Å². The maximum atomic E-state index is 11.2. The van der Waals surface area contributed by atoms with Gasteiger partial charge in [0.05, 0.1) is 18.7 Å². The predicted octanol–water partition coefficient (Wildman–Crippen LogP) is 0.0893. The first kappa shape index (κ1) is 11.0. The molecule has 1 aliphatic rings. The highest BCUT2D eigenvalue weighted by Crippen LogP contribution is 2.15. The fourth-order valence-electron chi connectivity index (χ4n) is 1.57. The lowest BCUT2D eigenvalue weighted by atomic mass is 10.0. The van der Waals surface area contributed by atoms with Crippen LogP contribution in [0.3, 0.4) is 0 Å². The summed E-state index contributed by atoms with van der Waals surface area (Å²) >= 11 is 0. The Morgan fingerprint density at radius 1 is 1.57 bits per heavy atom. The van der Waals surface area contributed by atoms with Crippen molar-refractivity contribution in [3.63, 3.8) is 0 Å². The lowest BCUT2D eigenvalue weighted by Crippen LogP contribution is -2.44. The number of rotatable bonds is 4. The molecule has 1 fully saturated rings. The average molecular weight is 200 g/mol. The summed E-state index contributed by atoms with van der Waals surface area (Å²) in [6, 6.07) is -0.411. The van der Waals surface area contributed by atoms with Gasteiger partial charge >= 0.3 is 6.03 Å². The Labute approximate surface area is 83.1 Å². The van der Waals surface area contributed by atoms with E-state index in [2.05, 4.69) is 5.32 Å². The molecule has 1 rings (SSSR count). The molecule has 80 valence electrons. The smallest absolute Gasteiger partial charge is 0.324 e. The van der Waals surface area contributed by atoms with Crippen molar-refractivity contribution < 1.29 is 14.7 Å². The summed E-state index contributed by atoms with van der Waals surface area (Å²) in [6.45, 7) is 3.70. The van der Waals surface area contributed by atoms with Crippen LogP contribution >= 0.6 is 0 Å². The van der Waals surface area contributed by atoms with Crippen molar-refractivity contribution >= 4 is 11.9 Å². The number of urea groups is 1. The standard InChI is InChI=1S/C9H16N2O3/c1-3-4-9(2,14)6-11-7(12)5-10-8(11)13/h14H,3-6H2,1-2H3,(H,10,13). The highest BCUT2D eigenvalue weighted by atomic mass is 16.3. The van der Waals surface area contributed by atoms with E-state index in [9.17, 15) is 14.7 Å². The van der Waals surface area contributed by atoms with Gasteiger partial charge in [-0.3, -0.25) is 9.69 Å². The molecule has 5 nitrogen and oxygen atoms in total. The Morgan fingerprint density at radius 3 is 2.64 bits per heavy atom. The molecule has 0 aliphatic carbocycles. The topological polar surface area (TPSA) is 69.6 Å². The largest absolute Gasteiger partial charge is 0.388 e. The third-order valence-electron chi connectivity index (χ3n) is 2.22. The Balaban J connectivity index is 2.58. The molecular formula is C9H16N2O3. The minimum absolute atomic E-state index is 0.0427. The van der Waals surface area contributed by atoms with E-state index in [-0.39, 0.29) is 19.0 Å². The molecule has 0 aromatic heterocycles. The van der Waals surface area contributed by atoms with Crippen LogP contribution in [0.2, 0.25) is 0 Å². The third kappa shape index (κ3) is 2.45. The fraction of sp³-hybridized carbons (Fsp3) is 0.778. The number of nitrogens with zero attached hydrogens (tertiary/aromatic N) is 1. The Morgan fingerprint density at radius 2 is 2.21 bits per heavy atom. The van der Waals surface area contributed by atoms with Gasteiger partial charge in [-0.1, -0.05) is 13.3 Å². The number of hydrogen-bond acceptors (Lipinski definition) is 3. The molecule has 1 unspecified atom stereocenters. The summed E-state index contributed by atoms with van der Waals surface area (Å²) < 4.78 is 0. The first-order chi connectivity index (χ1) is 6.46. The lowest BCUT2D eigenvalue weighted by Gasteiger charge is -2.26. The summed E-state index contributed by atoms with van der Waals surface area (Å²) in [7, 11) is 0. The van der Waals surface area contributed by atoms with Crippen LogP contribution in [0.15, 0.2) is 0 Å². The molecule has 14 heavy (non-hydrogen) atoms. The summed E-state index contributed by atoms with van der Waals surface area (Å²) in [4.78, 5) is 23.4. The molecule has 5 heteroatoms. The number of amides is 3. The first-order valence-corrected chi connectivity index (χ1v) is 4.77. The van der Waals surface area contributed by atoms with E-state index in [1.165, 1.54) is 0 Å². The van der Waals surface area contributed by atoms with Crippen molar-refractivity contribution in [1.29, 1.82) is 0 Å². The van der Waals surface area contributed by atoms with E-state index >= 15 is 0 Å². The molecule has 1 saturated heterocycles. The minimum Gasteiger partial charge on any atom is -0.388 e. The van der Waals surface area contributed by atoms with Gasteiger partial charge in [0.1, 0.15) is 0 Å². The summed E-state index contributed by atoms with van der Waals surface area (Å²) in [6.07, 6.45) is 1.39. The zero-order chi connectivity index (χ0) is 10.8. The molecule has 0 radical (unpaired) electrons. The van der Waals surface area contributed by atoms with Crippen molar-refractivity contribution in [2.75, 3.05) is 13.1 Å². The van der Waals surface area contributed by atoms with Gasteiger partial charge in [-0.25, -0.2) is 4.79 Å². The second-order valence-electron chi connectivity index (χ2n) is 3.89. The maximum absolute atomic E-state index is 11.2. The lowest BCUT2D eigenvalue weighted by molar-refractivity contribution is -0.127. The van der Waals surface area contributed by atoms with Gasteiger partial charge in [0.25, 0.3) is 0 Å². The van der Waals surface area contributed by atoms with Gasteiger partial charge in [0.2, 0.25) is 5.91 Å². The normalized spacial score (nSPS) is 20.9. The van der Waals surface area contributed by atoms with Gasteiger partial charge in [-0.2, -0.15) is 0 Å². The van der Waals surface area contributed by atoms with Crippen LogP contribution < -0.4 is 5.32 Å². The van der Waals surface area contributed by atoms with Crippen molar-refractivity contribution in [1.82, 2.24) is 10.2 Å². The summed E-state index contributed by atoms with van der Waals surface area (Å²) in [5.74, 6) is -0.272. The quantitative estimate of drug-likeness (QED) is 0.632. The molecule has 2 N–H and O–H groups in total. The highest BCUT2D eigenvalue weighted by Gasteiger charge is 2.34. The monoisotopic (exact) mass is 200 g/mol. The molecule has 0 aromatic carbocycles. The minimum atomic E-state index is -0.980. The predicted molar refractivity (Wildman–Crippen MR) is 50.6 cm³/mol. The van der Waals surface area contributed by atoms with Crippen LogP contribution in [-0.4, -0.2) is 40.6 Å². The number of aliphatic hydroxyl groups is 1. The van der Waals surface area contributed by atoms with E-state index in [4.69, 9.17) is 0 Å². The molecule has 1 aliphatic heterocycles.